The lowest BCUT2D eigenvalue weighted by Crippen LogP contribution is -2.17. The molecule has 0 radical (unpaired) electrons. The molecule has 0 spiro atoms. The molecular formula is C22H17ClN2O4. The summed E-state index contributed by atoms with van der Waals surface area (Å²) in [5.41, 5.74) is 3.97. The molecule has 7 heteroatoms. The summed E-state index contributed by atoms with van der Waals surface area (Å²) >= 11 is 5.88. The maximum atomic E-state index is 12.1. The number of rotatable bonds is 6. The Bertz CT molecular complexity index is 1050. The first-order chi connectivity index (χ1) is 14.0. The van der Waals surface area contributed by atoms with E-state index >= 15 is 0 Å². The van der Waals surface area contributed by atoms with Crippen LogP contribution in [0.2, 0.25) is 5.02 Å². The van der Waals surface area contributed by atoms with Gasteiger partial charge in [0.15, 0.2) is 0 Å². The molecule has 3 rings (SSSR count). The molecule has 0 saturated heterocycles. The predicted molar refractivity (Wildman–Crippen MR) is 111 cm³/mol. The zero-order valence-electron chi connectivity index (χ0n) is 15.5. The monoisotopic (exact) mass is 408 g/mol. The molecule has 0 aliphatic carbocycles. The van der Waals surface area contributed by atoms with E-state index in [1.165, 1.54) is 19.4 Å². The van der Waals surface area contributed by atoms with Crippen molar-refractivity contribution in [3.63, 3.8) is 0 Å². The Labute approximate surface area is 172 Å². The number of hydrazone groups is 1. The molecule has 3 aromatic rings. The molecule has 0 saturated carbocycles. The fourth-order valence-corrected chi connectivity index (χ4v) is 2.59. The molecule has 6 nitrogen and oxygen atoms in total. The molecule has 0 atom stereocenters. The number of benzene rings is 3. The van der Waals surface area contributed by atoms with Gasteiger partial charge in [0.2, 0.25) is 0 Å². The van der Waals surface area contributed by atoms with E-state index in [9.17, 15) is 9.59 Å². The number of hydrogen-bond donors (Lipinski definition) is 1. The lowest BCUT2D eigenvalue weighted by atomic mass is 10.2. The van der Waals surface area contributed by atoms with E-state index in [0.29, 0.717) is 27.6 Å². The van der Waals surface area contributed by atoms with E-state index in [0.717, 1.165) is 5.56 Å². The third-order valence-corrected chi connectivity index (χ3v) is 4.10. The van der Waals surface area contributed by atoms with Gasteiger partial charge < -0.3 is 9.47 Å². The molecule has 146 valence electrons. The minimum atomic E-state index is -0.500. The average Bonchev–Trinajstić information content (AvgIpc) is 2.75. The van der Waals surface area contributed by atoms with Crippen molar-refractivity contribution in [1.82, 2.24) is 5.43 Å². The molecule has 0 aliphatic rings. The van der Waals surface area contributed by atoms with Crippen molar-refractivity contribution in [3.05, 3.63) is 94.5 Å². The lowest BCUT2D eigenvalue weighted by Gasteiger charge is -2.05. The number of amides is 1. The van der Waals surface area contributed by atoms with Gasteiger partial charge in [0.25, 0.3) is 5.91 Å². The van der Waals surface area contributed by atoms with Crippen molar-refractivity contribution in [1.29, 1.82) is 0 Å². The van der Waals surface area contributed by atoms with E-state index in [1.807, 2.05) is 0 Å². The molecular weight excluding hydrogens is 392 g/mol. The van der Waals surface area contributed by atoms with Crippen LogP contribution in [-0.2, 0) is 0 Å². The van der Waals surface area contributed by atoms with Gasteiger partial charge in [-0.25, -0.2) is 10.2 Å². The number of ether oxygens (including phenoxy) is 2. The van der Waals surface area contributed by atoms with Crippen LogP contribution in [-0.4, -0.2) is 25.2 Å². The molecule has 0 heterocycles. The van der Waals surface area contributed by atoms with Crippen LogP contribution >= 0.6 is 11.6 Å². The SMILES string of the molecule is COc1cccc(C(=O)NN=Cc2ccc(OC(=O)c3cccc(Cl)c3)cc2)c1. The van der Waals surface area contributed by atoms with Gasteiger partial charge in [0, 0.05) is 10.6 Å². The highest BCUT2D eigenvalue weighted by atomic mass is 35.5. The lowest BCUT2D eigenvalue weighted by molar-refractivity contribution is 0.0734. The van der Waals surface area contributed by atoms with E-state index < -0.39 is 5.97 Å². The second-order valence-corrected chi connectivity index (χ2v) is 6.34. The van der Waals surface area contributed by atoms with Gasteiger partial charge in [-0.3, -0.25) is 4.79 Å². The first kappa shape index (κ1) is 20.1. The van der Waals surface area contributed by atoms with Gasteiger partial charge in [0.05, 0.1) is 18.9 Å². The van der Waals surface area contributed by atoms with Crippen LogP contribution in [0.1, 0.15) is 26.3 Å². The topological polar surface area (TPSA) is 77.0 Å². The Morgan fingerprint density at radius 2 is 1.66 bits per heavy atom. The number of carbonyl (C=O) groups excluding carboxylic acids is 2. The summed E-state index contributed by atoms with van der Waals surface area (Å²) in [6.07, 6.45) is 1.49. The molecule has 0 unspecified atom stereocenters. The van der Waals surface area contributed by atoms with Gasteiger partial charge in [0.1, 0.15) is 11.5 Å². The molecule has 1 amide bonds. The first-order valence-corrected chi connectivity index (χ1v) is 8.98. The normalized spacial score (nSPS) is 10.6. The van der Waals surface area contributed by atoms with Crippen LogP contribution in [0.3, 0.4) is 0 Å². The first-order valence-electron chi connectivity index (χ1n) is 8.60. The van der Waals surface area contributed by atoms with Gasteiger partial charge in [-0.2, -0.15) is 5.10 Å². The molecule has 0 bridgehead atoms. The second kappa shape index (κ2) is 9.52. The third-order valence-electron chi connectivity index (χ3n) is 3.86. The molecule has 0 aromatic heterocycles. The van der Waals surface area contributed by atoms with Crippen molar-refractivity contribution in [2.75, 3.05) is 7.11 Å². The van der Waals surface area contributed by atoms with Crippen LogP contribution < -0.4 is 14.9 Å². The fourth-order valence-electron chi connectivity index (χ4n) is 2.40. The van der Waals surface area contributed by atoms with Gasteiger partial charge in [-0.15, -0.1) is 0 Å². The smallest absolute Gasteiger partial charge is 0.343 e. The van der Waals surface area contributed by atoms with Crippen LogP contribution in [0, 0.1) is 0 Å². The van der Waals surface area contributed by atoms with E-state index in [2.05, 4.69) is 10.5 Å². The fraction of sp³-hybridized carbons (Fsp3) is 0.0455. The van der Waals surface area contributed by atoms with Gasteiger partial charge in [-0.05, 0) is 66.2 Å². The Morgan fingerprint density at radius 1 is 0.931 bits per heavy atom. The van der Waals surface area contributed by atoms with Crippen LogP contribution in [0.4, 0.5) is 0 Å². The minimum Gasteiger partial charge on any atom is -0.497 e. The maximum absolute atomic E-state index is 12.1. The number of esters is 1. The third kappa shape index (κ3) is 5.67. The largest absolute Gasteiger partial charge is 0.497 e. The van der Waals surface area contributed by atoms with E-state index in [-0.39, 0.29) is 5.91 Å². The Hall–Kier alpha value is -3.64. The van der Waals surface area contributed by atoms with Crippen molar-refractivity contribution in [3.8, 4) is 11.5 Å². The standard InChI is InChI=1S/C22H17ClN2O4/c1-28-20-7-3-4-16(13-20)21(26)25-24-14-15-8-10-19(11-9-15)29-22(27)17-5-2-6-18(23)12-17/h2-14H,1H3,(H,25,26). The Kier molecular flexibility index (Phi) is 6.60. The highest BCUT2D eigenvalue weighted by Crippen LogP contribution is 2.16. The number of nitrogens with zero attached hydrogens (tertiary/aromatic N) is 1. The van der Waals surface area contributed by atoms with Crippen molar-refractivity contribution in [2.45, 2.75) is 0 Å². The zero-order chi connectivity index (χ0) is 20.6. The molecule has 3 aromatic carbocycles. The number of halogens is 1. The molecule has 0 aliphatic heterocycles. The summed E-state index contributed by atoms with van der Waals surface area (Å²) in [5, 5.41) is 4.39. The molecule has 0 fully saturated rings. The zero-order valence-corrected chi connectivity index (χ0v) is 16.2. The van der Waals surface area contributed by atoms with E-state index in [1.54, 1.807) is 66.7 Å². The number of methoxy groups -OCH3 is 1. The summed E-state index contributed by atoms with van der Waals surface area (Å²) in [7, 11) is 1.53. The minimum absolute atomic E-state index is 0.354. The summed E-state index contributed by atoms with van der Waals surface area (Å²) in [6, 6.07) is 20.0. The summed E-state index contributed by atoms with van der Waals surface area (Å²) in [5.74, 6) is 0.115. The number of nitrogens with one attached hydrogen (secondary N) is 1. The summed E-state index contributed by atoms with van der Waals surface area (Å²) in [6.45, 7) is 0. The highest BCUT2D eigenvalue weighted by molar-refractivity contribution is 6.30. The maximum Gasteiger partial charge on any atom is 0.343 e. The number of carbonyl (C=O) groups is 2. The quantitative estimate of drug-likeness (QED) is 0.285. The van der Waals surface area contributed by atoms with E-state index in [4.69, 9.17) is 21.1 Å². The number of hydrogen-bond acceptors (Lipinski definition) is 5. The van der Waals surface area contributed by atoms with Crippen LogP contribution in [0.15, 0.2) is 77.9 Å². The molecule has 29 heavy (non-hydrogen) atoms. The van der Waals surface area contributed by atoms with Gasteiger partial charge in [-0.1, -0.05) is 23.7 Å². The average molecular weight is 409 g/mol. The van der Waals surface area contributed by atoms with Crippen LogP contribution in [0.5, 0.6) is 11.5 Å². The van der Waals surface area contributed by atoms with Crippen LogP contribution in [0.25, 0.3) is 0 Å². The highest BCUT2D eigenvalue weighted by Gasteiger charge is 2.09. The van der Waals surface area contributed by atoms with Crippen molar-refractivity contribution >= 4 is 29.7 Å². The summed E-state index contributed by atoms with van der Waals surface area (Å²) < 4.78 is 10.4. The summed E-state index contributed by atoms with van der Waals surface area (Å²) in [4.78, 5) is 24.2. The van der Waals surface area contributed by atoms with Crippen molar-refractivity contribution in [2.24, 2.45) is 5.10 Å². The Balaban J connectivity index is 1.57. The molecule has 1 N–H and O–H groups in total. The van der Waals surface area contributed by atoms with Crippen molar-refractivity contribution < 1.29 is 19.1 Å². The Morgan fingerprint density at radius 3 is 2.38 bits per heavy atom. The van der Waals surface area contributed by atoms with Gasteiger partial charge >= 0.3 is 5.97 Å². The predicted octanol–water partition coefficient (Wildman–Crippen LogP) is 4.33. The second-order valence-electron chi connectivity index (χ2n) is 5.90.